The second kappa shape index (κ2) is 2.25. The van der Waals surface area contributed by atoms with E-state index in [0.29, 0.717) is 4.68 Å². The van der Waals surface area contributed by atoms with E-state index in [1.165, 1.54) is 6.92 Å². The van der Waals surface area contributed by atoms with Crippen molar-refractivity contribution in [3.05, 3.63) is 24.5 Å². The van der Waals surface area contributed by atoms with Gasteiger partial charge in [-0.2, -0.15) is 18.3 Å². The van der Waals surface area contributed by atoms with E-state index >= 15 is 0 Å². The lowest BCUT2D eigenvalue weighted by atomic mass is 10.4. The number of rotatable bonds is 0. The van der Waals surface area contributed by atoms with E-state index in [9.17, 15) is 13.2 Å². The molecule has 1 aromatic heterocycles. The average Bonchev–Trinajstić information content (AvgIpc) is 2.11. The minimum atomic E-state index is -4.41. The molecule has 5 heteroatoms. The van der Waals surface area contributed by atoms with Crippen LogP contribution in [0.2, 0.25) is 0 Å². The van der Waals surface area contributed by atoms with Crippen LogP contribution in [-0.2, 0) is 6.18 Å². The summed E-state index contributed by atoms with van der Waals surface area (Å²) in [7, 11) is 5.04. The molecule has 1 heterocycles. The molecule has 0 saturated heterocycles. The summed E-state index contributed by atoms with van der Waals surface area (Å²) in [5.74, 6) is 0. The second-order valence-electron chi connectivity index (χ2n) is 2.11. The van der Waals surface area contributed by atoms with Crippen molar-refractivity contribution in [2.45, 2.75) is 13.1 Å². The Morgan fingerprint density at radius 3 is 2.27 bits per heavy atom. The van der Waals surface area contributed by atoms with Crippen LogP contribution in [0, 0.1) is 14.0 Å². The van der Waals surface area contributed by atoms with Gasteiger partial charge in [-0.05, 0) is 13.0 Å². The van der Waals surface area contributed by atoms with E-state index in [2.05, 4.69) is 5.10 Å². The summed E-state index contributed by atoms with van der Waals surface area (Å²) in [5, 5.41) is 3.05. The number of hydrogen-bond donors (Lipinski definition) is 0. The highest BCUT2D eigenvalue weighted by Gasteiger charge is 2.33. The van der Waals surface area contributed by atoms with Crippen LogP contribution in [0.25, 0.3) is 0 Å². The van der Waals surface area contributed by atoms with E-state index in [-0.39, 0.29) is 5.69 Å². The van der Waals surface area contributed by atoms with Gasteiger partial charge in [0, 0.05) is 5.69 Å². The lowest BCUT2D eigenvalue weighted by molar-refractivity contribution is -0.141. The molecule has 2 radical (unpaired) electrons. The van der Waals surface area contributed by atoms with Gasteiger partial charge in [0.1, 0.15) is 7.05 Å². The number of aromatic nitrogens is 2. The van der Waals surface area contributed by atoms with Crippen LogP contribution in [0.4, 0.5) is 13.2 Å². The standard InChI is InChI=1S/C6H5F3N2/c1-4-3-5(6(7,8)9)10-11(4)2/h2-3H,1H3. The first-order valence-electron chi connectivity index (χ1n) is 2.80. The molecule has 11 heavy (non-hydrogen) atoms. The summed E-state index contributed by atoms with van der Waals surface area (Å²) >= 11 is 0. The minimum Gasteiger partial charge on any atom is -0.262 e. The number of halogens is 3. The summed E-state index contributed by atoms with van der Waals surface area (Å²) < 4.78 is 36.2. The molecule has 0 aromatic carbocycles. The molecule has 0 aliphatic rings. The molecule has 1 rings (SSSR count). The summed E-state index contributed by atoms with van der Waals surface area (Å²) in [6, 6.07) is 0.889. The zero-order valence-corrected chi connectivity index (χ0v) is 5.68. The van der Waals surface area contributed by atoms with Crippen molar-refractivity contribution in [2.75, 3.05) is 0 Å². The van der Waals surface area contributed by atoms with Crippen LogP contribution in [0.1, 0.15) is 11.4 Å². The largest absolute Gasteiger partial charge is 0.435 e. The van der Waals surface area contributed by atoms with Crippen LogP contribution in [0.15, 0.2) is 6.07 Å². The summed E-state index contributed by atoms with van der Waals surface area (Å²) in [6.45, 7) is 1.45. The van der Waals surface area contributed by atoms with Crippen molar-refractivity contribution in [2.24, 2.45) is 0 Å². The Morgan fingerprint density at radius 2 is 2.09 bits per heavy atom. The fraction of sp³-hybridized carbons (Fsp3) is 0.333. The normalized spacial score (nSPS) is 12.1. The van der Waals surface area contributed by atoms with E-state index in [0.717, 1.165) is 6.07 Å². The Hall–Kier alpha value is -1.00. The van der Waals surface area contributed by atoms with Crippen molar-refractivity contribution in [1.29, 1.82) is 0 Å². The summed E-state index contributed by atoms with van der Waals surface area (Å²) in [5.41, 5.74) is -0.685. The van der Waals surface area contributed by atoms with Crippen LogP contribution in [0.5, 0.6) is 0 Å². The third-order valence-corrected chi connectivity index (χ3v) is 1.21. The Morgan fingerprint density at radius 1 is 1.55 bits per heavy atom. The van der Waals surface area contributed by atoms with Gasteiger partial charge in [0.2, 0.25) is 0 Å². The van der Waals surface area contributed by atoms with Crippen molar-refractivity contribution in [1.82, 2.24) is 9.78 Å². The highest BCUT2D eigenvalue weighted by atomic mass is 19.4. The van der Waals surface area contributed by atoms with Gasteiger partial charge in [-0.1, -0.05) is 0 Å². The van der Waals surface area contributed by atoms with Crippen molar-refractivity contribution < 1.29 is 13.2 Å². The van der Waals surface area contributed by atoms with Crippen molar-refractivity contribution in [3.63, 3.8) is 0 Å². The lowest BCUT2D eigenvalue weighted by Crippen LogP contribution is -2.06. The summed E-state index contributed by atoms with van der Waals surface area (Å²) in [6.07, 6.45) is -4.41. The van der Waals surface area contributed by atoms with Gasteiger partial charge in [-0.3, -0.25) is 4.68 Å². The smallest absolute Gasteiger partial charge is 0.262 e. The minimum absolute atomic E-state index is 0.275. The first-order chi connectivity index (χ1) is 4.91. The molecule has 60 valence electrons. The zero-order valence-electron chi connectivity index (χ0n) is 5.68. The number of nitrogens with zero attached hydrogens (tertiary/aromatic N) is 2. The maximum atomic E-state index is 11.8. The molecular weight excluding hydrogens is 157 g/mol. The number of aryl methyl sites for hydroxylation is 1. The van der Waals surface area contributed by atoms with Gasteiger partial charge >= 0.3 is 6.18 Å². The van der Waals surface area contributed by atoms with Gasteiger partial charge < -0.3 is 0 Å². The molecule has 0 saturated carbocycles. The predicted octanol–water partition coefficient (Wildman–Crippen LogP) is 1.73. The third kappa shape index (κ3) is 1.53. The number of hydrogen-bond acceptors (Lipinski definition) is 1. The van der Waals surface area contributed by atoms with E-state index in [1.54, 1.807) is 0 Å². The van der Waals surface area contributed by atoms with Crippen molar-refractivity contribution in [3.8, 4) is 0 Å². The van der Waals surface area contributed by atoms with Crippen LogP contribution in [0.3, 0.4) is 0 Å². The van der Waals surface area contributed by atoms with E-state index in [1.807, 2.05) is 0 Å². The molecule has 0 amide bonds. The second-order valence-corrected chi connectivity index (χ2v) is 2.11. The zero-order chi connectivity index (χ0) is 8.65. The van der Waals surface area contributed by atoms with E-state index in [4.69, 9.17) is 7.05 Å². The van der Waals surface area contributed by atoms with Gasteiger partial charge in [0.25, 0.3) is 0 Å². The van der Waals surface area contributed by atoms with Crippen molar-refractivity contribution >= 4 is 0 Å². The first kappa shape index (κ1) is 8.10. The number of alkyl halides is 3. The van der Waals surface area contributed by atoms with Gasteiger partial charge in [-0.25, -0.2) is 0 Å². The fourth-order valence-electron chi connectivity index (χ4n) is 0.626. The molecule has 0 N–H and O–H groups in total. The molecule has 1 aromatic rings. The third-order valence-electron chi connectivity index (χ3n) is 1.21. The maximum Gasteiger partial charge on any atom is 0.435 e. The van der Waals surface area contributed by atoms with Crippen LogP contribution >= 0.6 is 0 Å². The SMILES string of the molecule is [CH]n1nc(C(F)(F)F)cc1C. The molecule has 0 unspecified atom stereocenters. The van der Waals surface area contributed by atoms with Gasteiger partial charge in [0.05, 0.1) is 0 Å². The van der Waals surface area contributed by atoms with E-state index < -0.39 is 11.9 Å². The lowest BCUT2D eigenvalue weighted by Gasteiger charge is -1.98. The molecule has 0 atom stereocenters. The highest BCUT2D eigenvalue weighted by Crippen LogP contribution is 2.27. The first-order valence-corrected chi connectivity index (χ1v) is 2.80. The Bertz CT molecular complexity index is 242. The topological polar surface area (TPSA) is 17.8 Å². The molecule has 2 nitrogen and oxygen atoms in total. The van der Waals surface area contributed by atoms with Gasteiger partial charge in [-0.15, -0.1) is 0 Å². The molecular formula is C6H5F3N2. The fourth-order valence-corrected chi connectivity index (χ4v) is 0.626. The summed E-state index contributed by atoms with van der Waals surface area (Å²) in [4.78, 5) is 0. The average molecular weight is 162 g/mol. The Labute approximate surface area is 61.6 Å². The molecule has 0 aliphatic heterocycles. The molecule has 0 spiro atoms. The monoisotopic (exact) mass is 162 g/mol. The van der Waals surface area contributed by atoms with Crippen LogP contribution < -0.4 is 0 Å². The van der Waals surface area contributed by atoms with Crippen LogP contribution in [-0.4, -0.2) is 9.78 Å². The Balaban J connectivity index is 3.08. The maximum absolute atomic E-state index is 11.8. The molecule has 0 aliphatic carbocycles. The van der Waals surface area contributed by atoms with Gasteiger partial charge in [0.15, 0.2) is 5.69 Å². The molecule has 0 fully saturated rings. The molecule has 0 bridgehead atoms. The quantitative estimate of drug-likeness (QED) is 0.568. The highest BCUT2D eigenvalue weighted by molar-refractivity contribution is 5.11. The predicted molar refractivity (Wildman–Crippen MR) is 31.7 cm³/mol. The Kier molecular flexibility index (Phi) is 1.66.